The zero-order valence-electron chi connectivity index (χ0n) is 13.3. The lowest BCUT2D eigenvalue weighted by atomic mass is 9.86. The zero-order valence-corrected chi connectivity index (χ0v) is 13.3. The molecule has 1 saturated carbocycles. The molecule has 4 heteroatoms. The highest BCUT2D eigenvalue weighted by molar-refractivity contribution is 5.31. The zero-order chi connectivity index (χ0) is 15.9. The second-order valence-corrected chi connectivity index (χ2v) is 5.80. The van der Waals surface area contributed by atoms with E-state index in [4.69, 9.17) is 9.47 Å². The monoisotopic (exact) mass is 310 g/mol. The van der Waals surface area contributed by atoms with Crippen LogP contribution in [0.15, 0.2) is 24.5 Å². The lowest BCUT2D eigenvalue weighted by Crippen LogP contribution is -2.21. The van der Waals surface area contributed by atoms with Gasteiger partial charge < -0.3 is 9.47 Å². The van der Waals surface area contributed by atoms with Gasteiger partial charge in [0.1, 0.15) is 0 Å². The Morgan fingerprint density at radius 3 is 2.50 bits per heavy atom. The minimum atomic E-state index is -0.964. The van der Waals surface area contributed by atoms with E-state index >= 15 is 0 Å². The maximum absolute atomic E-state index is 14.0. The number of ether oxygens (including phenoxy) is 2. The molecule has 1 aromatic rings. The lowest BCUT2D eigenvalue weighted by molar-refractivity contribution is 0.00543. The fraction of sp³-hybridized carbons (Fsp3) is 0.556. The van der Waals surface area contributed by atoms with Crippen molar-refractivity contribution in [2.24, 2.45) is 5.92 Å². The van der Waals surface area contributed by atoms with E-state index in [0.717, 1.165) is 31.6 Å². The summed E-state index contributed by atoms with van der Waals surface area (Å²) in [6.45, 7) is 4.05. The summed E-state index contributed by atoms with van der Waals surface area (Å²) in [4.78, 5) is 0. The average molecular weight is 310 g/mol. The summed E-state index contributed by atoms with van der Waals surface area (Å²) in [5, 5.41) is 0. The van der Waals surface area contributed by atoms with Crippen LogP contribution < -0.4 is 4.74 Å². The van der Waals surface area contributed by atoms with Crippen LogP contribution in [0.1, 0.15) is 51.5 Å². The summed E-state index contributed by atoms with van der Waals surface area (Å²) in [6, 6.07) is 2.96. The molecule has 1 aliphatic rings. The van der Waals surface area contributed by atoms with Crippen LogP contribution in [-0.2, 0) is 11.3 Å². The minimum absolute atomic E-state index is 0.105. The van der Waals surface area contributed by atoms with Gasteiger partial charge in [-0.3, -0.25) is 0 Å². The van der Waals surface area contributed by atoms with Crippen LogP contribution in [0.2, 0.25) is 0 Å². The molecule has 2 nitrogen and oxygen atoms in total. The predicted octanol–water partition coefficient (Wildman–Crippen LogP) is 5.36. The lowest BCUT2D eigenvalue weighted by Gasteiger charge is -2.27. The van der Waals surface area contributed by atoms with Crippen molar-refractivity contribution in [3.05, 3.63) is 41.7 Å². The van der Waals surface area contributed by atoms with Crippen LogP contribution in [0.25, 0.3) is 0 Å². The molecule has 0 aliphatic heterocycles. The molecule has 0 saturated heterocycles. The summed E-state index contributed by atoms with van der Waals surface area (Å²) >= 11 is 0. The molecule has 1 aliphatic carbocycles. The van der Waals surface area contributed by atoms with E-state index in [1.165, 1.54) is 24.8 Å². The van der Waals surface area contributed by atoms with Gasteiger partial charge in [0.25, 0.3) is 0 Å². The highest BCUT2D eigenvalue weighted by Gasteiger charge is 2.21. The predicted molar refractivity (Wildman–Crippen MR) is 82.6 cm³/mol. The number of halogens is 2. The molecule has 22 heavy (non-hydrogen) atoms. The summed E-state index contributed by atoms with van der Waals surface area (Å²) in [7, 11) is 0. The van der Waals surface area contributed by atoms with Gasteiger partial charge >= 0.3 is 0 Å². The molecule has 1 aromatic carbocycles. The highest BCUT2D eigenvalue weighted by atomic mass is 19.2. The molecule has 0 aromatic heterocycles. The minimum Gasteiger partial charge on any atom is -0.462 e. The number of benzene rings is 1. The van der Waals surface area contributed by atoms with Gasteiger partial charge in [-0.25, -0.2) is 4.39 Å². The van der Waals surface area contributed by atoms with Crippen LogP contribution in [0.5, 0.6) is 5.75 Å². The van der Waals surface area contributed by atoms with Gasteiger partial charge in [0, 0.05) is 5.56 Å². The van der Waals surface area contributed by atoms with E-state index in [1.54, 1.807) is 13.0 Å². The van der Waals surface area contributed by atoms with Crippen LogP contribution in [0.4, 0.5) is 8.78 Å². The first-order valence-corrected chi connectivity index (χ1v) is 8.02. The molecule has 0 amide bonds. The fourth-order valence-corrected chi connectivity index (χ4v) is 2.83. The Kier molecular flexibility index (Phi) is 6.37. The van der Waals surface area contributed by atoms with E-state index in [2.05, 4.69) is 6.92 Å². The van der Waals surface area contributed by atoms with Gasteiger partial charge in [-0.2, -0.15) is 4.39 Å². The van der Waals surface area contributed by atoms with Crippen molar-refractivity contribution in [3.8, 4) is 5.75 Å². The average Bonchev–Trinajstić information content (AvgIpc) is 2.56. The summed E-state index contributed by atoms with van der Waals surface area (Å²) in [5.41, 5.74) is 0.239. The Balaban J connectivity index is 1.92. The van der Waals surface area contributed by atoms with Crippen LogP contribution in [0.3, 0.4) is 0 Å². The molecule has 0 spiro atoms. The van der Waals surface area contributed by atoms with E-state index in [9.17, 15) is 8.78 Å². The standard InChI is InChI=1S/C18H24F2O2/c1-3-11-21-16-10-7-14(17(19)18(16)20)12-22-15-8-5-13(4-2)6-9-15/h3,7,10-11,13,15H,4-6,8-9,12H2,1-2H3/b11-3+. The van der Waals surface area contributed by atoms with Crippen molar-refractivity contribution >= 4 is 0 Å². The Morgan fingerprint density at radius 2 is 1.86 bits per heavy atom. The largest absolute Gasteiger partial charge is 0.462 e. The molecule has 0 radical (unpaired) electrons. The Hall–Kier alpha value is -1.42. The first-order chi connectivity index (χ1) is 10.7. The van der Waals surface area contributed by atoms with Gasteiger partial charge in [-0.15, -0.1) is 0 Å². The topological polar surface area (TPSA) is 18.5 Å². The number of rotatable bonds is 6. The third-order valence-electron chi connectivity index (χ3n) is 4.30. The molecule has 0 N–H and O–H groups in total. The first kappa shape index (κ1) is 16.9. The van der Waals surface area contributed by atoms with E-state index in [0.29, 0.717) is 0 Å². The highest BCUT2D eigenvalue weighted by Crippen LogP contribution is 2.29. The number of hydrogen-bond acceptors (Lipinski definition) is 2. The van der Waals surface area contributed by atoms with E-state index < -0.39 is 11.6 Å². The summed E-state index contributed by atoms with van der Waals surface area (Å²) in [6.07, 6.45) is 8.63. The molecular weight excluding hydrogens is 286 g/mol. The molecule has 0 atom stereocenters. The Morgan fingerprint density at radius 1 is 1.14 bits per heavy atom. The van der Waals surface area contributed by atoms with Gasteiger partial charge in [0.15, 0.2) is 11.6 Å². The maximum Gasteiger partial charge on any atom is 0.201 e. The van der Waals surface area contributed by atoms with Crippen molar-refractivity contribution in [3.63, 3.8) is 0 Å². The van der Waals surface area contributed by atoms with Gasteiger partial charge in [0.2, 0.25) is 5.82 Å². The molecule has 122 valence electrons. The molecule has 0 unspecified atom stereocenters. The molecular formula is C18H24F2O2. The third-order valence-corrected chi connectivity index (χ3v) is 4.30. The maximum atomic E-state index is 14.0. The normalized spacial score (nSPS) is 22.2. The van der Waals surface area contributed by atoms with Crippen LogP contribution in [0, 0.1) is 17.6 Å². The van der Waals surface area contributed by atoms with Crippen molar-refractivity contribution in [2.45, 2.75) is 58.7 Å². The fourth-order valence-electron chi connectivity index (χ4n) is 2.83. The van der Waals surface area contributed by atoms with Crippen molar-refractivity contribution in [1.29, 1.82) is 0 Å². The van der Waals surface area contributed by atoms with Gasteiger partial charge in [-0.05, 0) is 50.7 Å². The van der Waals surface area contributed by atoms with Crippen molar-refractivity contribution < 1.29 is 18.3 Å². The van der Waals surface area contributed by atoms with Crippen LogP contribution in [-0.4, -0.2) is 6.10 Å². The Bertz CT molecular complexity index is 506. The van der Waals surface area contributed by atoms with Gasteiger partial charge in [-0.1, -0.05) is 19.4 Å². The second kappa shape index (κ2) is 8.28. The number of hydrogen-bond donors (Lipinski definition) is 0. The molecule has 0 bridgehead atoms. The first-order valence-electron chi connectivity index (χ1n) is 8.02. The SMILES string of the molecule is C/C=C/Oc1ccc(COC2CCC(CC)CC2)c(F)c1F. The summed E-state index contributed by atoms with van der Waals surface area (Å²) < 4.78 is 38.6. The smallest absolute Gasteiger partial charge is 0.201 e. The van der Waals surface area contributed by atoms with Crippen molar-refractivity contribution in [1.82, 2.24) is 0 Å². The summed E-state index contributed by atoms with van der Waals surface area (Å²) in [5.74, 6) is -1.17. The van der Waals surface area contributed by atoms with Crippen molar-refractivity contribution in [2.75, 3.05) is 0 Å². The molecule has 1 fully saturated rings. The number of allylic oxidation sites excluding steroid dienone is 1. The third kappa shape index (κ3) is 4.29. The molecule has 2 rings (SSSR count). The second-order valence-electron chi connectivity index (χ2n) is 5.80. The molecule has 0 heterocycles. The van der Waals surface area contributed by atoms with Crippen LogP contribution >= 0.6 is 0 Å². The Labute approximate surface area is 131 Å². The van der Waals surface area contributed by atoms with Gasteiger partial charge in [0.05, 0.1) is 19.0 Å². The van der Waals surface area contributed by atoms with E-state index in [1.807, 2.05) is 0 Å². The van der Waals surface area contributed by atoms with E-state index in [-0.39, 0.29) is 24.0 Å². The quantitative estimate of drug-likeness (QED) is 0.658.